The highest BCUT2D eigenvalue weighted by molar-refractivity contribution is 7.91. The van der Waals surface area contributed by atoms with Crippen LogP contribution >= 0.6 is 11.3 Å². The van der Waals surface area contributed by atoms with E-state index in [0.717, 1.165) is 30.4 Å². The van der Waals surface area contributed by atoms with Crippen molar-refractivity contribution in [2.75, 3.05) is 23.9 Å². The largest absolute Gasteiger partial charge is 0.462 e. The molecule has 21 heavy (non-hydrogen) atoms. The van der Waals surface area contributed by atoms with Crippen molar-refractivity contribution in [3.63, 3.8) is 0 Å². The third-order valence-electron chi connectivity index (χ3n) is 3.42. The summed E-state index contributed by atoms with van der Waals surface area (Å²) < 4.78 is 28.9. The molecule has 0 amide bonds. The van der Waals surface area contributed by atoms with Crippen molar-refractivity contribution in [1.29, 1.82) is 0 Å². The van der Waals surface area contributed by atoms with Crippen molar-refractivity contribution in [3.8, 4) is 0 Å². The van der Waals surface area contributed by atoms with Crippen molar-refractivity contribution < 1.29 is 17.9 Å². The van der Waals surface area contributed by atoms with Gasteiger partial charge in [0.2, 0.25) is 0 Å². The third kappa shape index (κ3) is 3.49. The molecule has 0 aromatic carbocycles. The van der Waals surface area contributed by atoms with Crippen LogP contribution in [0.15, 0.2) is 4.90 Å². The summed E-state index contributed by atoms with van der Waals surface area (Å²) in [5.74, 6) is -0.0381. The van der Waals surface area contributed by atoms with E-state index in [1.54, 1.807) is 6.92 Å². The van der Waals surface area contributed by atoms with E-state index < -0.39 is 15.8 Å². The zero-order valence-electron chi connectivity index (χ0n) is 12.3. The van der Waals surface area contributed by atoms with E-state index in [1.807, 2.05) is 6.92 Å². The van der Waals surface area contributed by atoms with E-state index in [1.165, 1.54) is 0 Å². The van der Waals surface area contributed by atoms with Gasteiger partial charge >= 0.3 is 5.97 Å². The summed E-state index contributed by atoms with van der Waals surface area (Å²) in [4.78, 5) is 12.0. The number of hydrogen-bond donors (Lipinski definition) is 2. The molecular formula is C13H20N2O4S2. The Morgan fingerprint density at radius 1 is 1.52 bits per heavy atom. The van der Waals surface area contributed by atoms with Gasteiger partial charge in [-0.1, -0.05) is 0 Å². The van der Waals surface area contributed by atoms with Crippen LogP contribution in [0.5, 0.6) is 0 Å². The van der Waals surface area contributed by atoms with Crippen LogP contribution in [0.4, 0.5) is 10.7 Å². The van der Waals surface area contributed by atoms with Crippen molar-refractivity contribution in [2.45, 2.75) is 37.6 Å². The minimum absolute atomic E-state index is 0.00283. The molecule has 1 atom stereocenters. The summed E-state index contributed by atoms with van der Waals surface area (Å²) in [6.45, 7) is 3.91. The second-order valence-corrected chi connectivity index (χ2v) is 8.24. The molecule has 1 aliphatic rings. The molecular weight excluding hydrogens is 312 g/mol. The minimum atomic E-state index is -3.53. The van der Waals surface area contributed by atoms with Crippen molar-refractivity contribution in [1.82, 2.24) is 0 Å². The number of ether oxygens (including phenoxy) is 1. The standard InChI is InChI=1S/C13H20N2O4S2/c1-4-19-13(16)10-9(14)11(21(3,17)18)12(20-10)15-7(2)8-5-6-8/h7-8,15H,4-6,14H2,1-3H3. The van der Waals surface area contributed by atoms with E-state index in [2.05, 4.69) is 5.32 Å². The number of nitrogens with two attached hydrogens (primary N) is 1. The zero-order valence-corrected chi connectivity index (χ0v) is 13.9. The Morgan fingerprint density at radius 3 is 2.62 bits per heavy atom. The third-order valence-corrected chi connectivity index (χ3v) is 5.83. The minimum Gasteiger partial charge on any atom is -0.462 e. The predicted molar refractivity (Wildman–Crippen MR) is 83.6 cm³/mol. The van der Waals surface area contributed by atoms with E-state index in [-0.39, 0.29) is 28.1 Å². The number of carbonyl (C=O) groups is 1. The summed E-state index contributed by atoms with van der Waals surface area (Å²) in [5, 5.41) is 3.62. The normalized spacial score (nSPS) is 16.5. The van der Waals surface area contributed by atoms with Gasteiger partial charge in [0.15, 0.2) is 9.84 Å². The van der Waals surface area contributed by atoms with Gasteiger partial charge in [-0.25, -0.2) is 13.2 Å². The smallest absolute Gasteiger partial charge is 0.350 e. The summed E-state index contributed by atoms with van der Waals surface area (Å²) in [7, 11) is -3.53. The van der Waals surface area contributed by atoms with Gasteiger partial charge in [-0.05, 0) is 32.6 Å². The number of rotatable bonds is 6. The molecule has 1 aliphatic carbocycles. The Labute approximate surface area is 128 Å². The van der Waals surface area contributed by atoms with Crippen LogP contribution in [0.2, 0.25) is 0 Å². The molecule has 8 heteroatoms. The first-order valence-corrected chi connectivity index (χ1v) is 9.52. The molecule has 1 aromatic heterocycles. The molecule has 0 aliphatic heterocycles. The maximum Gasteiger partial charge on any atom is 0.350 e. The Balaban J connectivity index is 2.41. The highest BCUT2D eigenvalue weighted by atomic mass is 32.2. The number of thiophene rings is 1. The van der Waals surface area contributed by atoms with Crippen LogP contribution in [-0.4, -0.2) is 33.3 Å². The molecule has 0 bridgehead atoms. The highest BCUT2D eigenvalue weighted by Gasteiger charge is 2.32. The lowest BCUT2D eigenvalue weighted by Gasteiger charge is -2.13. The molecule has 2 rings (SSSR count). The molecule has 6 nitrogen and oxygen atoms in total. The highest BCUT2D eigenvalue weighted by Crippen LogP contribution is 2.42. The molecule has 118 valence electrons. The zero-order chi connectivity index (χ0) is 15.8. The molecule has 1 unspecified atom stereocenters. The molecule has 1 fully saturated rings. The fourth-order valence-electron chi connectivity index (χ4n) is 2.16. The van der Waals surface area contributed by atoms with Gasteiger partial charge < -0.3 is 15.8 Å². The molecule has 0 radical (unpaired) electrons. The number of esters is 1. The Bertz CT molecular complexity index is 647. The molecule has 3 N–H and O–H groups in total. The fraction of sp³-hybridized carbons (Fsp3) is 0.615. The molecule has 1 aromatic rings. The van der Waals surface area contributed by atoms with Crippen LogP contribution < -0.4 is 11.1 Å². The number of nitrogens with one attached hydrogen (secondary N) is 1. The van der Waals surface area contributed by atoms with Crippen molar-refractivity contribution in [2.24, 2.45) is 5.92 Å². The van der Waals surface area contributed by atoms with Crippen molar-refractivity contribution >= 4 is 37.8 Å². The van der Waals surface area contributed by atoms with E-state index in [9.17, 15) is 13.2 Å². The van der Waals surface area contributed by atoms with Crippen molar-refractivity contribution in [3.05, 3.63) is 4.88 Å². The maximum absolute atomic E-state index is 12.0. The van der Waals surface area contributed by atoms with Crippen LogP contribution in [-0.2, 0) is 14.6 Å². The number of sulfone groups is 1. The number of nitrogen functional groups attached to an aromatic ring is 1. The van der Waals surface area contributed by atoms with Crippen LogP contribution in [0.1, 0.15) is 36.4 Å². The summed E-state index contributed by atoms with van der Waals surface area (Å²) >= 11 is 1.04. The van der Waals surface area contributed by atoms with Crippen LogP contribution in [0.25, 0.3) is 0 Å². The van der Waals surface area contributed by atoms with Gasteiger partial charge in [-0.3, -0.25) is 0 Å². The summed E-state index contributed by atoms with van der Waals surface area (Å²) in [5.41, 5.74) is 5.86. The topological polar surface area (TPSA) is 98.5 Å². The second kappa shape index (κ2) is 5.84. The maximum atomic E-state index is 12.0. The fourth-order valence-corrected chi connectivity index (χ4v) is 4.71. The van der Waals surface area contributed by atoms with Gasteiger partial charge in [0, 0.05) is 12.3 Å². The Morgan fingerprint density at radius 2 is 2.14 bits per heavy atom. The predicted octanol–water partition coefficient (Wildman–Crippen LogP) is 2.12. The molecule has 1 heterocycles. The van der Waals surface area contributed by atoms with Crippen LogP contribution in [0.3, 0.4) is 0 Å². The van der Waals surface area contributed by atoms with E-state index in [4.69, 9.17) is 10.5 Å². The first-order chi connectivity index (χ1) is 9.75. The second-order valence-electron chi connectivity index (χ2n) is 5.27. The first kappa shape index (κ1) is 16.1. The lowest BCUT2D eigenvalue weighted by molar-refractivity contribution is 0.0533. The monoisotopic (exact) mass is 332 g/mol. The van der Waals surface area contributed by atoms with Gasteiger partial charge in [-0.15, -0.1) is 11.3 Å². The quantitative estimate of drug-likeness (QED) is 0.774. The average molecular weight is 332 g/mol. The molecule has 1 saturated carbocycles. The molecule has 0 saturated heterocycles. The van der Waals surface area contributed by atoms with Gasteiger partial charge in [0.05, 0.1) is 12.3 Å². The van der Waals surface area contributed by atoms with Gasteiger partial charge in [0.25, 0.3) is 0 Å². The Hall–Kier alpha value is -1.28. The molecule has 0 spiro atoms. The first-order valence-electron chi connectivity index (χ1n) is 6.81. The lowest BCUT2D eigenvalue weighted by Crippen LogP contribution is -2.18. The summed E-state index contributed by atoms with van der Waals surface area (Å²) in [6.07, 6.45) is 3.36. The van der Waals surface area contributed by atoms with E-state index in [0.29, 0.717) is 10.9 Å². The number of carbonyl (C=O) groups excluding carboxylic acids is 1. The van der Waals surface area contributed by atoms with Crippen LogP contribution in [0, 0.1) is 5.92 Å². The van der Waals surface area contributed by atoms with Gasteiger partial charge in [-0.2, -0.15) is 0 Å². The Kier molecular flexibility index (Phi) is 4.48. The van der Waals surface area contributed by atoms with E-state index >= 15 is 0 Å². The summed E-state index contributed by atoms with van der Waals surface area (Å²) in [6, 6.07) is 0.151. The van der Waals surface area contributed by atoms with Gasteiger partial charge in [0.1, 0.15) is 14.8 Å². The average Bonchev–Trinajstić information content (AvgIpc) is 3.13. The SMILES string of the molecule is CCOC(=O)c1sc(NC(C)C2CC2)c(S(C)(=O)=O)c1N. The number of anilines is 2. The lowest BCUT2D eigenvalue weighted by atomic mass is 10.2. The number of hydrogen-bond acceptors (Lipinski definition) is 7.